The Morgan fingerprint density at radius 2 is 1.62 bits per heavy atom. The molecule has 2 amide bonds. The van der Waals surface area contributed by atoms with Gasteiger partial charge in [-0.15, -0.1) is 0 Å². The lowest BCUT2D eigenvalue weighted by atomic mass is 9.87. The number of carbonyl (C=O) groups is 2. The first-order valence-corrected chi connectivity index (χ1v) is 14.1. The molecule has 0 atom stereocenters. The standard InChI is InChI=1S/C33H44N4O3/c1-8-21-37(7)22-19-23(2)10-9-20-34-31(39)29-30(25-13-17-28(18-14-25)35-24(3)38)40-32(36-29)26-11-15-27(16-12-26)33(4,5)6/h11-18H,2,8-10,19-22H2,1,3-7H3,(H,34,39)(H,35,38). The van der Waals surface area contributed by atoms with Crippen molar-refractivity contribution < 1.29 is 14.0 Å². The zero-order valence-corrected chi connectivity index (χ0v) is 24.9. The van der Waals surface area contributed by atoms with E-state index in [4.69, 9.17) is 4.42 Å². The monoisotopic (exact) mass is 544 g/mol. The average molecular weight is 545 g/mol. The van der Waals surface area contributed by atoms with Crippen LogP contribution in [0.2, 0.25) is 0 Å². The van der Waals surface area contributed by atoms with E-state index in [1.165, 1.54) is 18.1 Å². The molecule has 0 spiro atoms. The summed E-state index contributed by atoms with van der Waals surface area (Å²) < 4.78 is 6.20. The van der Waals surface area contributed by atoms with Crippen LogP contribution < -0.4 is 10.6 Å². The van der Waals surface area contributed by atoms with E-state index in [1.807, 2.05) is 24.3 Å². The van der Waals surface area contributed by atoms with Crippen molar-refractivity contribution in [2.75, 3.05) is 32.0 Å². The van der Waals surface area contributed by atoms with Gasteiger partial charge in [0.25, 0.3) is 5.91 Å². The molecule has 0 saturated carbocycles. The molecule has 3 aromatic rings. The van der Waals surface area contributed by atoms with Gasteiger partial charge in [0.2, 0.25) is 11.8 Å². The summed E-state index contributed by atoms with van der Waals surface area (Å²) in [6.07, 6.45) is 3.77. The van der Waals surface area contributed by atoms with Gasteiger partial charge in [-0.2, -0.15) is 0 Å². The van der Waals surface area contributed by atoms with Crippen LogP contribution in [0.25, 0.3) is 22.8 Å². The van der Waals surface area contributed by atoms with Gasteiger partial charge < -0.3 is 20.0 Å². The number of hydrogen-bond acceptors (Lipinski definition) is 5. The van der Waals surface area contributed by atoms with Gasteiger partial charge in [0, 0.05) is 36.8 Å². The lowest BCUT2D eigenvalue weighted by Crippen LogP contribution is -2.25. The lowest BCUT2D eigenvalue weighted by molar-refractivity contribution is -0.114. The first kappa shape index (κ1) is 30.8. The Morgan fingerprint density at radius 3 is 2.23 bits per heavy atom. The quantitative estimate of drug-likeness (QED) is 0.178. The normalized spacial score (nSPS) is 11.5. The number of hydrogen-bond donors (Lipinski definition) is 2. The molecule has 7 nitrogen and oxygen atoms in total. The Bertz CT molecular complexity index is 1280. The van der Waals surface area contributed by atoms with Crippen molar-refractivity contribution in [2.24, 2.45) is 0 Å². The average Bonchev–Trinajstić information content (AvgIpc) is 3.35. The number of amides is 2. The molecule has 2 N–H and O–H groups in total. The van der Waals surface area contributed by atoms with Crippen LogP contribution in [-0.2, 0) is 10.2 Å². The molecule has 0 aliphatic heterocycles. The summed E-state index contributed by atoms with van der Waals surface area (Å²) in [5.74, 6) is 0.348. The maximum absolute atomic E-state index is 13.3. The van der Waals surface area contributed by atoms with Crippen LogP contribution in [0, 0.1) is 0 Å². The molecule has 3 rings (SSSR count). The molecule has 0 aliphatic carbocycles. The van der Waals surface area contributed by atoms with Gasteiger partial charge >= 0.3 is 0 Å². The summed E-state index contributed by atoms with van der Waals surface area (Å²) in [6, 6.07) is 15.3. The summed E-state index contributed by atoms with van der Waals surface area (Å²) in [5.41, 5.74) is 4.83. The maximum Gasteiger partial charge on any atom is 0.273 e. The van der Waals surface area contributed by atoms with Crippen LogP contribution in [0.1, 0.15) is 76.4 Å². The van der Waals surface area contributed by atoms with Gasteiger partial charge in [-0.25, -0.2) is 4.98 Å². The van der Waals surface area contributed by atoms with Crippen LogP contribution in [0.3, 0.4) is 0 Å². The largest absolute Gasteiger partial charge is 0.435 e. The molecule has 0 bridgehead atoms. The third-order valence-electron chi connectivity index (χ3n) is 6.75. The number of nitrogens with one attached hydrogen (secondary N) is 2. The van der Waals surface area contributed by atoms with Crippen molar-refractivity contribution in [2.45, 2.75) is 65.7 Å². The fourth-order valence-electron chi connectivity index (χ4n) is 4.41. The van der Waals surface area contributed by atoms with Gasteiger partial charge in [0.1, 0.15) is 0 Å². The van der Waals surface area contributed by atoms with E-state index < -0.39 is 0 Å². The second-order valence-corrected chi connectivity index (χ2v) is 11.4. The summed E-state index contributed by atoms with van der Waals surface area (Å²) in [7, 11) is 2.13. The molecule has 0 radical (unpaired) electrons. The molecule has 1 heterocycles. The number of nitrogens with zero attached hydrogens (tertiary/aromatic N) is 2. The van der Waals surface area contributed by atoms with Crippen molar-refractivity contribution in [3.63, 3.8) is 0 Å². The van der Waals surface area contributed by atoms with Crippen LogP contribution in [0.15, 0.2) is 65.1 Å². The van der Waals surface area contributed by atoms with E-state index in [0.29, 0.717) is 29.4 Å². The van der Waals surface area contributed by atoms with Crippen molar-refractivity contribution in [3.8, 4) is 22.8 Å². The zero-order valence-electron chi connectivity index (χ0n) is 24.9. The smallest absolute Gasteiger partial charge is 0.273 e. The first-order valence-electron chi connectivity index (χ1n) is 14.1. The zero-order chi connectivity index (χ0) is 29.3. The number of oxazole rings is 1. The molecular weight excluding hydrogens is 500 g/mol. The van der Waals surface area contributed by atoms with Gasteiger partial charge in [-0.05, 0) is 86.7 Å². The Hall–Kier alpha value is -3.71. The summed E-state index contributed by atoms with van der Waals surface area (Å²) in [4.78, 5) is 31.7. The topological polar surface area (TPSA) is 87.5 Å². The molecule has 214 valence electrons. The molecule has 0 unspecified atom stereocenters. The highest BCUT2D eigenvalue weighted by molar-refractivity contribution is 5.98. The van der Waals surface area contributed by atoms with Crippen LogP contribution in [0.5, 0.6) is 0 Å². The maximum atomic E-state index is 13.3. The van der Waals surface area contributed by atoms with E-state index in [-0.39, 0.29) is 22.9 Å². The number of benzene rings is 2. The minimum Gasteiger partial charge on any atom is -0.435 e. The second kappa shape index (κ2) is 14.1. The molecule has 7 heteroatoms. The fourth-order valence-corrected chi connectivity index (χ4v) is 4.41. The third kappa shape index (κ3) is 8.91. The molecular formula is C33H44N4O3. The summed E-state index contributed by atoms with van der Waals surface area (Å²) in [6.45, 7) is 17.0. The second-order valence-electron chi connectivity index (χ2n) is 11.4. The van der Waals surface area contributed by atoms with Gasteiger partial charge in [-0.1, -0.05) is 52.0 Å². The minimum atomic E-state index is -0.282. The van der Waals surface area contributed by atoms with Gasteiger partial charge in [-0.3, -0.25) is 9.59 Å². The van der Waals surface area contributed by atoms with Crippen LogP contribution in [-0.4, -0.2) is 48.4 Å². The van der Waals surface area contributed by atoms with E-state index in [9.17, 15) is 9.59 Å². The third-order valence-corrected chi connectivity index (χ3v) is 6.75. The van der Waals surface area contributed by atoms with Crippen LogP contribution in [0.4, 0.5) is 5.69 Å². The fraction of sp³-hybridized carbons (Fsp3) is 0.424. The first-order chi connectivity index (χ1) is 19.0. The number of aromatic nitrogens is 1. The predicted molar refractivity (Wildman–Crippen MR) is 163 cm³/mol. The highest BCUT2D eigenvalue weighted by Gasteiger charge is 2.23. The van der Waals surface area contributed by atoms with Crippen molar-refractivity contribution in [1.82, 2.24) is 15.2 Å². The SMILES string of the molecule is C=C(CCCNC(=O)c1nc(-c2ccc(C(C)(C)C)cc2)oc1-c1ccc(NC(C)=O)cc1)CCN(C)CCC. The van der Waals surface area contributed by atoms with Gasteiger partial charge in [0.15, 0.2) is 11.5 Å². The highest BCUT2D eigenvalue weighted by atomic mass is 16.4. The molecule has 2 aromatic carbocycles. The number of carbonyl (C=O) groups excluding carboxylic acids is 2. The van der Waals surface area contributed by atoms with E-state index in [2.05, 4.69) is 74.0 Å². The Morgan fingerprint density at radius 1 is 0.975 bits per heavy atom. The Labute approximate surface area is 239 Å². The Kier molecular flexibility index (Phi) is 10.8. The van der Waals surface area contributed by atoms with Crippen LogP contribution >= 0.6 is 0 Å². The summed E-state index contributed by atoms with van der Waals surface area (Å²) >= 11 is 0. The molecule has 0 aliphatic rings. The molecule has 1 aromatic heterocycles. The van der Waals surface area contributed by atoms with Crippen molar-refractivity contribution in [3.05, 3.63) is 71.9 Å². The molecule has 0 fully saturated rings. The number of rotatable bonds is 13. The minimum absolute atomic E-state index is 0.0255. The lowest BCUT2D eigenvalue weighted by Gasteiger charge is -2.18. The van der Waals surface area contributed by atoms with Crippen molar-refractivity contribution >= 4 is 17.5 Å². The Balaban J connectivity index is 1.75. The van der Waals surface area contributed by atoms with Gasteiger partial charge in [0.05, 0.1) is 0 Å². The molecule has 0 saturated heterocycles. The summed E-state index contributed by atoms with van der Waals surface area (Å²) in [5, 5.41) is 5.77. The predicted octanol–water partition coefficient (Wildman–Crippen LogP) is 7.06. The van der Waals surface area contributed by atoms with E-state index in [0.717, 1.165) is 44.3 Å². The molecule has 40 heavy (non-hydrogen) atoms. The number of anilines is 1. The highest BCUT2D eigenvalue weighted by Crippen LogP contribution is 2.32. The van der Waals surface area contributed by atoms with E-state index >= 15 is 0 Å². The van der Waals surface area contributed by atoms with E-state index in [1.54, 1.807) is 12.1 Å². The van der Waals surface area contributed by atoms with Crippen molar-refractivity contribution in [1.29, 1.82) is 0 Å².